The number of methoxy groups -OCH3 is 1. The maximum atomic E-state index is 5.54. The Morgan fingerprint density at radius 3 is 2.91 bits per heavy atom. The average molecular weight is 295 g/mol. The summed E-state index contributed by atoms with van der Waals surface area (Å²) in [6.07, 6.45) is 8.22. The van der Waals surface area contributed by atoms with Crippen LogP contribution in [-0.4, -0.2) is 46.1 Å². The smallest absolute Gasteiger partial charge is 0.119 e. The van der Waals surface area contributed by atoms with Gasteiger partial charge < -0.3 is 9.64 Å². The van der Waals surface area contributed by atoms with Crippen LogP contribution in [0.1, 0.15) is 43.2 Å². The van der Waals surface area contributed by atoms with Crippen molar-refractivity contribution >= 4 is 15.7 Å². The predicted octanol–water partition coefficient (Wildman–Crippen LogP) is 1.30. The van der Waals surface area contributed by atoms with Crippen LogP contribution in [0.2, 0.25) is 0 Å². The van der Waals surface area contributed by atoms with E-state index in [9.17, 15) is 0 Å². The Morgan fingerprint density at radius 1 is 1.27 bits per heavy atom. The van der Waals surface area contributed by atoms with Crippen molar-refractivity contribution in [1.29, 1.82) is 0 Å². The number of nitrogens with zero attached hydrogens (tertiary/aromatic N) is 1. The third-order valence-electron chi connectivity index (χ3n) is 6.75. The van der Waals surface area contributed by atoms with Crippen LogP contribution in [0.25, 0.3) is 0 Å². The van der Waals surface area contributed by atoms with Crippen molar-refractivity contribution in [2.45, 2.75) is 55.8 Å². The molecule has 1 aromatic carbocycles. The highest BCUT2D eigenvalue weighted by Gasteiger charge is 2.53. The molecule has 2 bridgehead atoms. The summed E-state index contributed by atoms with van der Waals surface area (Å²) in [7, 11) is 6.55. The molecule has 1 saturated heterocycles. The van der Waals surface area contributed by atoms with E-state index in [1.165, 1.54) is 45.1 Å². The number of hydrogen-bond acceptors (Lipinski definition) is 2. The molecule has 1 aromatic rings. The van der Waals surface area contributed by atoms with Gasteiger partial charge in [-0.2, -0.15) is 0 Å². The predicted molar refractivity (Wildman–Crippen MR) is 96.3 cm³/mol. The van der Waals surface area contributed by atoms with Gasteiger partial charge in [0.05, 0.1) is 7.11 Å². The Kier molecular flexibility index (Phi) is 3.56. The average Bonchev–Trinajstić information content (AvgIpc) is 2.54. The molecule has 0 N–H and O–H groups in total. The molecule has 3 atom stereocenters. The summed E-state index contributed by atoms with van der Waals surface area (Å²) in [5, 5.41) is 0. The summed E-state index contributed by atoms with van der Waals surface area (Å²) in [6, 6.07) is 7.63. The van der Waals surface area contributed by atoms with E-state index >= 15 is 0 Å². The number of rotatable bonds is 2. The first-order valence-corrected chi connectivity index (χ1v) is 9.09. The van der Waals surface area contributed by atoms with Gasteiger partial charge in [0.15, 0.2) is 0 Å². The summed E-state index contributed by atoms with van der Waals surface area (Å²) < 4.78 is 5.54. The van der Waals surface area contributed by atoms with E-state index in [0.29, 0.717) is 11.3 Å². The summed E-state index contributed by atoms with van der Waals surface area (Å²) in [5.74, 6) is 2.57. The van der Waals surface area contributed by atoms with Crippen molar-refractivity contribution in [3.63, 3.8) is 0 Å². The minimum absolute atomic E-state index is 0.441. The number of ether oxygens (including phenoxy) is 1. The highest BCUT2D eigenvalue weighted by Crippen LogP contribution is 2.56. The van der Waals surface area contributed by atoms with Crippen molar-refractivity contribution in [3.8, 4) is 5.75 Å². The normalized spacial score (nSPS) is 34.1. The maximum absolute atomic E-state index is 5.54. The molecule has 2 nitrogen and oxygen atoms in total. The van der Waals surface area contributed by atoms with E-state index in [1.807, 2.05) is 0 Å². The van der Waals surface area contributed by atoms with Crippen LogP contribution in [-0.2, 0) is 11.8 Å². The Labute approximate surface area is 136 Å². The molecule has 116 valence electrons. The summed E-state index contributed by atoms with van der Waals surface area (Å²) >= 11 is 0. The molecule has 1 heterocycles. The molecule has 1 unspecified atom stereocenters. The van der Waals surface area contributed by atoms with Crippen LogP contribution < -0.4 is 4.74 Å². The molecular weight excluding hydrogens is 268 g/mol. The Balaban J connectivity index is 1.84. The van der Waals surface area contributed by atoms with E-state index in [-0.39, 0.29) is 0 Å². The van der Waals surface area contributed by atoms with Gasteiger partial charge in [0.25, 0.3) is 0 Å². The van der Waals surface area contributed by atoms with Gasteiger partial charge in [-0.3, -0.25) is 0 Å². The molecule has 1 saturated carbocycles. The number of piperidine rings is 1. The quantitative estimate of drug-likeness (QED) is 0.763. The van der Waals surface area contributed by atoms with E-state index < -0.39 is 0 Å². The highest BCUT2D eigenvalue weighted by atomic mass is 16.5. The van der Waals surface area contributed by atoms with Crippen LogP contribution in [0.4, 0.5) is 0 Å². The first-order valence-electron chi connectivity index (χ1n) is 9.09. The molecule has 3 aliphatic rings. The second kappa shape index (κ2) is 5.33. The number of fused-ring (bicyclic) bond motifs is 1. The third-order valence-corrected chi connectivity index (χ3v) is 6.75. The standard InChI is InChI=1S/C18H27B2NO/c1-22-13-6-5-12-10-16-14-4-2-3-7-18(14,15(12)11-13)8-9-21(16)17(19)20/h5-6,11,14,16-17H,2-4,7-10,19-20H2,1H3/t14?,16-,18-/m0/s1. The molecular formula is C18H27B2NO. The van der Waals surface area contributed by atoms with Crippen molar-refractivity contribution in [1.82, 2.24) is 4.90 Å². The van der Waals surface area contributed by atoms with E-state index in [0.717, 1.165) is 17.7 Å². The minimum Gasteiger partial charge on any atom is -0.497 e. The monoisotopic (exact) mass is 295 g/mol. The van der Waals surface area contributed by atoms with Gasteiger partial charge in [-0.15, -0.1) is 0 Å². The van der Waals surface area contributed by atoms with Gasteiger partial charge in [-0.25, -0.2) is 0 Å². The first-order chi connectivity index (χ1) is 10.7. The second-order valence-corrected chi connectivity index (χ2v) is 7.88. The zero-order valence-corrected chi connectivity index (χ0v) is 14.3. The molecule has 4 heteroatoms. The zero-order chi connectivity index (χ0) is 15.3. The lowest BCUT2D eigenvalue weighted by atomic mass is 9.51. The Hall–Kier alpha value is -0.890. The van der Waals surface area contributed by atoms with Gasteiger partial charge >= 0.3 is 0 Å². The largest absolute Gasteiger partial charge is 0.497 e. The van der Waals surface area contributed by atoms with Gasteiger partial charge in [-0.1, -0.05) is 18.9 Å². The van der Waals surface area contributed by atoms with E-state index in [1.54, 1.807) is 18.2 Å². The van der Waals surface area contributed by atoms with Crippen LogP contribution >= 0.6 is 0 Å². The van der Waals surface area contributed by atoms with Crippen LogP contribution in [0, 0.1) is 5.92 Å². The third kappa shape index (κ3) is 1.99. The summed E-state index contributed by atoms with van der Waals surface area (Å²) in [4.78, 5) is 2.79. The van der Waals surface area contributed by atoms with Gasteiger partial charge in [0.1, 0.15) is 21.4 Å². The summed E-state index contributed by atoms with van der Waals surface area (Å²) in [6.45, 7) is 1.27. The fourth-order valence-electron chi connectivity index (χ4n) is 5.78. The second-order valence-electron chi connectivity index (χ2n) is 7.88. The topological polar surface area (TPSA) is 12.5 Å². The molecule has 4 rings (SSSR count). The maximum Gasteiger partial charge on any atom is 0.119 e. The molecule has 0 spiro atoms. The molecule has 0 aromatic heterocycles. The number of benzene rings is 1. The lowest BCUT2D eigenvalue weighted by Crippen LogP contribution is -2.63. The lowest BCUT2D eigenvalue weighted by molar-refractivity contribution is -0.00750. The Morgan fingerprint density at radius 2 is 2.14 bits per heavy atom. The number of hydrogen-bond donors (Lipinski definition) is 0. The molecule has 2 fully saturated rings. The fourth-order valence-corrected chi connectivity index (χ4v) is 5.78. The SMILES string of the molecule is BC(B)N1CC[C@@]23CCCCC2[C@@H]1Cc1ccc(OC)cc13. The van der Waals surface area contributed by atoms with Crippen molar-refractivity contribution in [3.05, 3.63) is 29.3 Å². The minimum atomic E-state index is 0.441. The molecule has 2 aliphatic carbocycles. The van der Waals surface area contributed by atoms with E-state index in [4.69, 9.17) is 4.74 Å². The van der Waals surface area contributed by atoms with Crippen molar-refractivity contribution in [2.24, 2.45) is 5.92 Å². The van der Waals surface area contributed by atoms with Crippen LogP contribution in [0.5, 0.6) is 5.75 Å². The molecule has 0 amide bonds. The van der Waals surface area contributed by atoms with Gasteiger partial charge in [-0.05, 0) is 67.2 Å². The van der Waals surface area contributed by atoms with Crippen LogP contribution in [0.3, 0.4) is 0 Å². The first kappa shape index (κ1) is 14.7. The van der Waals surface area contributed by atoms with Gasteiger partial charge in [0.2, 0.25) is 0 Å². The lowest BCUT2D eigenvalue weighted by Gasteiger charge is -2.60. The van der Waals surface area contributed by atoms with E-state index in [2.05, 4.69) is 38.8 Å². The molecule has 0 radical (unpaired) electrons. The Bertz CT molecular complexity index is 576. The fraction of sp³-hybridized carbons (Fsp3) is 0.667. The van der Waals surface area contributed by atoms with Crippen molar-refractivity contribution in [2.75, 3.05) is 13.7 Å². The van der Waals surface area contributed by atoms with Gasteiger partial charge in [0, 0.05) is 11.5 Å². The number of likely N-dealkylation sites (tertiary alicyclic amines) is 1. The molecule has 1 aliphatic heterocycles. The van der Waals surface area contributed by atoms with Crippen LogP contribution in [0.15, 0.2) is 18.2 Å². The van der Waals surface area contributed by atoms with Crippen molar-refractivity contribution < 1.29 is 4.74 Å². The summed E-state index contributed by atoms with van der Waals surface area (Å²) in [5.41, 5.74) is 3.67. The molecule has 22 heavy (non-hydrogen) atoms. The highest BCUT2D eigenvalue weighted by molar-refractivity contribution is 6.35. The zero-order valence-electron chi connectivity index (χ0n) is 14.3.